The van der Waals surface area contributed by atoms with Crippen molar-refractivity contribution in [2.24, 2.45) is 0 Å². The number of hydrogen-bond acceptors (Lipinski definition) is 8. The molecule has 132 valence electrons. The highest BCUT2D eigenvalue weighted by Gasteiger charge is 2.21. The fourth-order valence-electron chi connectivity index (χ4n) is 3.30. The summed E-state index contributed by atoms with van der Waals surface area (Å²) < 4.78 is 5.49. The molecule has 0 N–H and O–H groups in total. The maximum Gasteiger partial charge on any atom is 0.177 e. The first-order valence-corrected chi connectivity index (χ1v) is 10.3. The smallest absolute Gasteiger partial charge is 0.177 e. The van der Waals surface area contributed by atoms with Crippen LogP contribution < -0.4 is 4.90 Å². The van der Waals surface area contributed by atoms with E-state index in [9.17, 15) is 0 Å². The standard InChI is InChI=1S/C18H17N5OS2/c1-2-16(25-8-1)15-10-13(21-24-15)11-22-4-6-23(7-5-22)17-14-3-9-26-18(14)20-12-19-17/h1-3,8-10,12H,4-7,11H2. The van der Waals surface area contributed by atoms with Crippen LogP contribution in [0, 0.1) is 0 Å². The Kier molecular flexibility index (Phi) is 4.16. The molecule has 1 aliphatic heterocycles. The third-order valence-electron chi connectivity index (χ3n) is 4.62. The topological polar surface area (TPSA) is 58.3 Å². The van der Waals surface area contributed by atoms with Crippen LogP contribution in [0.5, 0.6) is 0 Å². The van der Waals surface area contributed by atoms with Gasteiger partial charge in [0, 0.05) is 38.8 Å². The van der Waals surface area contributed by atoms with Crippen LogP contribution in [0.15, 0.2) is 45.9 Å². The number of rotatable bonds is 4. The normalized spacial score (nSPS) is 15.8. The van der Waals surface area contributed by atoms with E-state index in [0.29, 0.717) is 0 Å². The fourth-order valence-corrected chi connectivity index (χ4v) is 4.70. The van der Waals surface area contributed by atoms with E-state index in [0.717, 1.165) is 65.1 Å². The van der Waals surface area contributed by atoms with Gasteiger partial charge in [0.15, 0.2) is 5.76 Å². The largest absolute Gasteiger partial charge is 0.355 e. The van der Waals surface area contributed by atoms with Gasteiger partial charge in [-0.1, -0.05) is 11.2 Å². The van der Waals surface area contributed by atoms with E-state index in [1.54, 1.807) is 29.0 Å². The van der Waals surface area contributed by atoms with Crippen molar-refractivity contribution in [3.05, 3.63) is 47.0 Å². The molecule has 5 rings (SSSR count). The molecule has 6 nitrogen and oxygen atoms in total. The van der Waals surface area contributed by atoms with Crippen molar-refractivity contribution in [1.29, 1.82) is 0 Å². The second-order valence-corrected chi connectivity index (χ2v) is 8.10. The molecular formula is C18H17N5OS2. The molecule has 4 aromatic rings. The monoisotopic (exact) mass is 383 g/mol. The fraction of sp³-hybridized carbons (Fsp3) is 0.278. The SMILES string of the molecule is c1csc(-c2cc(CN3CCN(c4ncnc5sccc45)CC3)no2)c1. The molecule has 0 aliphatic carbocycles. The summed E-state index contributed by atoms with van der Waals surface area (Å²) in [4.78, 5) is 15.8. The van der Waals surface area contributed by atoms with Gasteiger partial charge in [-0.2, -0.15) is 0 Å². The van der Waals surface area contributed by atoms with Gasteiger partial charge < -0.3 is 9.42 Å². The number of aromatic nitrogens is 3. The van der Waals surface area contributed by atoms with Crippen molar-refractivity contribution in [2.45, 2.75) is 6.54 Å². The van der Waals surface area contributed by atoms with Crippen molar-refractivity contribution in [2.75, 3.05) is 31.1 Å². The number of piperazine rings is 1. The van der Waals surface area contributed by atoms with Crippen LogP contribution >= 0.6 is 22.7 Å². The van der Waals surface area contributed by atoms with Crippen molar-refractivity contribution < 1.29 is 4.52 Å². The zero-order chi connectivity index (χ0) is 17.3. The number of anilines is 1. The summed E-state index contributed by atoms with van der Waals surface area (Å²) in [6.07, 6.45) is 1.67. The van der Waals surface area contributed by atoms with Gasteiger partial charge in [-0.15, -0.1) is 22.7 Å². The van der Waals surface area contributed by atoms with Gasteiger partial charge >= 0.3 is 0 Å². The maximum atomic E-state index is 5.49. The minimum atomic E-state index is 0.820. The van der Waals surface area contributed by atoms with Gasteiger partial charge in [-0.05, 0) is 22.9 Å². The molecule has 1 fully saturated rings. The van der Waals surface area contributed by atoms with Gasteiger partial charge in [0.25, 0.3) is 0 Å². The van der Waals surface area contributed by atoms with Crippen LogP contribution in [0.25, 0.3) is 20.9 Å². The highest BCUT2D eigenvalue weighted by Crippen LogP contribution is 2.28. The van der Waals surface area contributed by atoms with Crippen LogP contribution in [-0.4, -0.2) is 46.2 Å². The van der Waals surface area contributed by atoms with E-state index in [-0.39, 0.29) is 0 Å². The van der Waals surface area contributed by atoms with E-state index in [4.69, 9.17) is 4.52 Å². The van der Waals surface area contributed by atoms with Crippen LogP contribution in [0.2, 0.25) is 0 Å². The molecule has 0 atom stereocenters. The average molecular weight is 384 g/mol. The Morgan fingerprint density at radius 1 is 1.04 bits per heavy atom. The lowest BCUT2D eigenvalue weighted by Crippen LogP contribution is -2.46. The Bertz CT molecular complexity index is 1000. The summed E-state index contributed by atoms with van der Waals surface area (Å²) in [6, 6.07) is 8.25. The number of fused-ring (bicyclic) bond motifs is 1. The third kappa shape index (κ3) is 3.00. The second kappa shape index (κ2) is 6.79. The van der Waals surface area contributed by atoms with Crippen molar-refractivity contribution in [3.8, 4) is 10.6 Å². The first kappa shape index (κ1) is 15.9. The molecular weight excluding hydrogens is 366 g/mol. The van der Waals surface area contributed by atoms with Gasteiger partial charge in [0.1, 0.15) is 17.0 Å². The molecule has 0 aromatic carbocycles. The summed E-state index contributed by atoms with van der Waals surface area (Å²) in [5, 5.41) is 9.52. The molecule has 0 amide bonds. The Morgan fingerprint density at radius 2 is 1.96 bits per heavy atom. The number of nitrogens with zero attached hydrogens (tertiary/aromatic N) is 5. The van der Waals surface area contributed by atoms with Gasteiger partial charge in [-0.3, -0.25) is 4.90 Å². The summed E-state index contributed by atoms with van der Waals surface area (Å²) in [5.74, 6) is 1.91. The molecule has 5 heterocycles. The number of hydrogen-bond donors (Lipinski definition) is 0. The van der Waals surface area contributed by atoms with Crippen LogP contribution in [0.4, 0.5) is 5.82 Å². The Balaban J connectivity index is 1.24. The summed E-state index contributed by atoms with van der Waals surface area (Å²) in [5.41, 5.74) is 0.990. The summed E-state index contributed by atoms with van der Waals surface area (Å²) in [7, 11) is 0. The van der Waals surface area contributed by atoms with Crippen molar-refractivity contribution in [1.82, 2.24) is 20.0 Å². The highest BCUT2D eigenvalue weighted by atomic mass is 32.1. The minimum Gasteiger partial charge on any atom is -0.355 e. The predicted octanol–water partition coefficient (Wildman–Crippen LogP) is 3.73. The molecule has 1 aliphatic rings. The quantitative estimate of drug-likeness (QED) is 0.535. The highest BCUT2D eigenvalue weighted by molar-refractivity contribution is 7.16. The lowest BCUT2D eigenvalue weighted by atomic mass is 10.2. The van der Waals surface area contributed by atoms with E-state index in [1.807, 2.05) is 11.4 Å². The Hall–Kier alpha value is -2.29. The van der Waals surface area contributed by atoms with Crippen LogP contribution in [0.3, 0.4) is 0 Å². The van der Waals surface area contributed by atoms with E-state index >= 15 is 0 Å². The summed E-state index contributed by atoms with van der Waals surface area (Å²) >= 11 is 3.33. The molecule has 0 radical (unpaired) electrons. The molecule has 0 bridgehead atoms. The maximum absolute atomic E-state index is 5.49. The van der Waals surface area contributed by atoms with Crippen LogP contribution in [-0.2, 0) is 6.54 Å². The van der Waals surface area contributed by atoms with E-state index in [1.165, 1.54) is 0 Å². The number of thiophene rings is 2. The van der Waals surface area contributed by atoms with Gasteiger partial charge in [0.05, 0.1) is 16.0 Å². The van der Waals surface area contributed by atoms with Gasteiger partial charge in [0.2, 0.25) is 0 Å². The molecule has 0 unspecified atom stereocenters. The zero-order valence-corrected chi connectivity index (χ0v) is 15.7. The van der Waals surface area contributed by atoms with Crippen molar-refractivity contribution >= 4 is 38.7 Å². The predicted molar refractivity (Wildman–Crippen MR) is 105 cm³/mol. The van der Waals surface area contributed by atoms with E-state index < -0.39 is 0 Å². The Morgan fingerprint density at radius 3 is 2.81 bits per heavy atom. The molecule has 0 saturated carbocycles. The van der Waals surface area contributed by atoms with Gasteiger partial charge in [-0.25, -0.2) is 9.97 Å². The molecule has 4 aromatic heterocycles. The van der Waals surface area contributed by atoms with Crippen molar-refractivity contribution in [3.63, 3.8) is 0 Å². The average Bonchev–Trinajstić information content (AvgIpc) is 3.42. The minimum absolute atomic E-state index is 0.820. The molecule has 1 saturated heterocycles. The summed E-state index contributed by atoms with van der Waals surface area (Å²) in [6.45, 7) is 4.70. The molecule has 0 spiro atoms. The lowest BCUT2D eigenvalue weighted by Gasteiger charge is -2.35. The second-order valence-electron chi connectivity index (χ2n) is 6.26. The van der Waals surface area contributed by atoms with E-state index in [2.05, 4.69) is 48.5 Å². The Labute approximate surface area is 158 Å². The zero-order valence-electron chi connectivity index (χ0n) is 14.0. The lowest BCUT2D eigenvalue weighted by molar-refractivity contribution is 0.242. The first-order valence-electron chi connectivity index (χ1n) is 8.52. The third-order valence-corrected chi connectivity index (χ3v) is 6.33. The van der Waals surface area contributed by atoms with Crippen LogP contribution in [0.1, 0.15) is 5.69 Å². The molecule has 26 heavy (non-hydrogen) atoms. The molecule has 8 heteroatoms. The first-order chi connectivity index (χ1) is 12.9.